The SMILES string of the molecule is c1cnc2c(c1)C1(c3cc(-c4ccc5c(c4)c4ccccc4n5-c4cncc(-n5c6ccccc6c6ccccc65)c4)ccc3Sc3ccc(-n4c5ccccc5c5ccccc54)cc31)c1cccnc1-2. The highest BCUT2D eigenvalue weighted by molar-refractivity contribution is 7.99. The first-order valence-electron chi connectivity index (χ1n) is 24.1. The number of rotatable bonds is 4. The second-order valence-corrected chi connectivity index (χ2v) is 19.9. The smallest absolute Gasteiger partial charge is 0.0937 e. The van der Waals surface area contributed by atoms with Gasteiger partial charge in [0.05, 0.1) is 73.7 Å². The Balaban J connectivity index is 0.892. The van der Waals surface area contributed by atoms with Crippen molar-refractivity contribution in [2.45, 2.75) is 15.2 Å². The maximum absolute atomic E-state index is 5.09. The molecule has 0 fully saturated rings. The van der Waals surface area contributed by atoms with Crippen LogP contribution in [0.4, 0.5) is 0 Å². The highest BCUT2D eigenvalue weighted by atomic mass is 32.2. The van der Waals surface area contributed by atoms with Gasteiger partial charge in [-0.25, -0.2) is 0 Å². The van der Waals surface area contributed by atoms with Crippen molar-refractivity contribution in [1.82, 2.24) is 28.7 Å². The molecular weight excluding hydrogens is 885 g/mol. The first-order valence-corrected chi connectivity index (χ1v) is 24.9. The van der Waals surface area contributed by atoms with Gasteiger partial charge in [-0.2, -0.15) is 0 Å². The third-order valence-corrected chi connectivity index (χ3v) is 16.4. The monoisotopic (exact) mass is 922 g/mol. The molecule has 8 aromatic carbocycles. The molecule has 2 aliphatic rings. The molecule has 0 saturated heterocycles. The second-order valence-electron chi connectivity index (χ2n) is 18.8. The summed E-state index contributed by atoms with van der Waals surface area (Å²) in [6, 6.07) is 75.7. The molecule has 0 bridgehead atoms. The topological polar surface area (TPSA) is 53.5 Å². The maximum atomic E-state index is 5.09. The average molecular weight is 923 g/mol. The van der Waals surface area contributed by atoms with Gasteiger partial charge >= 0.3 is 0 Å². The van der Waals surface area contributed by atoms with Gasteiger partial charge in [0, 0.05) is 60.2 Å². The molecule has 1 aliphatic heterocycles. The lowest BCUT2D eigenvalue weighted by Crippen LogP contribution is -2.32. The minimum absolute atomic E-state index is 0.678. The van der Waals surface area contributed by atoms with Gasteiger partial charge in [0.1, 0.15) is 0 Å². The van der Waals surface area contributed by atoms with E-state index < -0.39 is 5.41 Å². The first-order chi connectivity index (χ1) is 35.2. The summed E-state index contributed by atoms with van der Waals surface area (Å²) in [5.41, 5.74) is 18.4. The van der Waals surface area contributed by atoms with E-state index in [4.69, 9.17) is 15.0 Å². The fraction of sp³-hybridized carbons (Fsp3) is 0.0156. The number of fused-ring (bicyclic) bond motifs is 18. The van der Waals surface area contributed by atoms with Crippen molar-refractivity contribution in [3.05, 3.63) is 253 Å². The highest BCUT2D eigenvalue weighted by Crippen LogP contribution is 2.62. The van der Waals surface area contributed by atoms with Gasteiger partial charge < -0.3 is 13.7 Å². The van der Waals surface area contributed by atoms with Crippen LogP contribution in [0.5, 0.6) is 0 Å². The summed E-state index contributed by atoms with van der Waals surface area (Å²) in [6.07, 6.45) is 7.78. The minimum Gasteiger partial charge on any atom is -0.309 e. The molecule has 71 heavy (non-hydrogen) atoms. The van der Waals surface area contributed by atoms with Gasteiger partial charge in [0.25, 0.3) is 0 Å². The molecule has 7 heteroatoms. The minimum atomic E-state index is -0.678. The van der Waals surface area contributed by atoms with E-state index in [9.17, 15) is 0 Å². The molecule has 6 aromatic heterocycles. The molecule has 0 atom stereocenters. The van der Waals surface area contributed by atoms with E-state index in [1.165, 1.54) is 64.3 Å². The quantitative estimate of drug-likeness (QED) is 0.176. The molecule has 0 radical (unpaired) electrons. The average Bonchev–Trinajstić information content (AvgIpc) is 4.15. The molecule has 0 unspecified atom stereocenters. The molecule has 16 rings (SSSR count). The van der Waals surface area contributed by atoms with E-state index in [1.54, 1.807) is 0 Å². The van der Waals surface area contributed by atoms with Crippen molar-refractivity contribution >= 4 is 77.2 Å². The lowest BCUT2D eigenvalue weighted by atomic mass is 9.67. The molecule has 330 valence electrons. The van der Waals surface area contributed by atoms with Crippen LogP contribution in [0.2, 0.25) is 0 Å². The summed E-state index contributed by atoms with van der Waals surface area (Å²) in [6.45, 7) is 0. The Kier molecular flexibility index (Phi) is 7.94. The fourth-order valence-electron chi connectivity index (χ4n) is 12.4. The van der Waals surface area contributed by atoms with E-state index in [1.807, 2.05) is 36.5 Å². The standard InChI is InChI=1S/C64H38N6S/c1-6-20-54-44(13-1)45-14-2-7-21-55(45)68(54)41-27-30-61-53(36-41)64(50-18-11-31-66-62(50)63-51(64)19-12-32-67-63)52-34-40(26-29-60(52)71-61)39-25-28-59-49(33-39)48-17-5-10-24-58(48)70(59)43-35-42(37-65-38-43)69-56-22-8-3-15-46(56)47-16-4-9-23-57(47)69/h1-38H. The van der Waals surface area contributed by atoms with Crippen LogP contribution in [0.25, 0.3) is 105 Å². The number of aromatic nitrogens is 6. The summed E-state index contributed by atoms with van der Waals surface area (Å²) in [5, 5.41) is 7.33. The summed E-state index contributed by atoms with van der Waals surface area (Å²) in [5.74, 6) is 0. The first kappa shape index (κ1) is 38.9. The van der Waals surface area contributed by atoms with Gasteiger partial charge in [-0.3, -0.25) is 15.0 Å². The van der Waals surface area contributed by atoms with Crippen LogP contribution in [0, 0.1) is 0 Å². The molecule has 0 saturated carbocycles. The molecule has 0 N–H and O–H groups in total. The molecule has 6 nitrogen and oxygen atoms in total. The molecular formula is C64H38N6S. The van der Waals surface area contributed by atoms with Crippen LogP contribution < -0.4 is 0 Å². The predicted molar refractivity (Wildman–Crippen MR) is 290 cm³/mol. The lowest BCUT2D eigenvalue weighted by Gasteiger charge is -2.39. The third-order valence-electron chi connectivity index (χ3n) is 15.3. The van der Waals surface area contributed by atoms with Crippen LogP contribution in [0.15, 0.2) is 241 Å². The van der Waals surface area contributed by atoms with Crippen molar-refractivity contribution in [3.63, 3.8) is 0 Å². The Morgan fingerprint density at radius 2 is 0.746 bits per heavy atom. The van der Waals surface area contributed by atoms with Gasteiger partial charge in [-0.15, -0.1) is 0 Å². The Labute approximate surface area is 411 Å². The van der Waals surface area contributed by atoms with Crippen molar-refractivity contribution < 1.29 is 0 Å². The van der Waals surface area contributed by atoms with Crippen LogP contribution >= 0.6 is 11.8 Å². The summed E-state index contributed by atoms with van der Waals surface area (Å²) >= 11 is 1.86. The molecule has 14 aromatic rings. The van der Waals surface area contributed by atoms with Crippen LogP contribution in [-0.4, -0.2) is 28.7 Å². The van der Waals surface area contributed by atoms with Crippen molar-refractivity contribution in [2.75, 3.05) is 0 Å². The zero-order valence-electron chi connectivity index (χ0n) is 38.0. The summed E-state index contributed by atoms with van der Waals surface area (Å²) in [4.78, 5) is 17.5. The third kappa shape index (κ3) is 5.25. The highest BCUT2D eigenvalue weighted by Gasteiger charge is 2.52. The fourth-order valence-corrected chi connectivity index (χ4v) is 13.6. The van der Waals surface area contributed by atoms with E-state index in [-0.39, 0.29) is 0 Å². The van der Waals surface area contributed by atoms with Crippen LogP contribution in [0.3, 0.4) is 0 Å². The summed E-state index contributed by atoms with van der Waals surface area (Å²) in [7, 11) is 0. The van der Waals surface area contributed by atoms with Crippen LogP contribution in [-0.2, 0) is 5.41 Å². The predicted octanol–water partition coefficient (Wildman–Crippen LogP) is 15.7. The van der Waals surface area contributed by atoms with Gasteiger partial charge in [0.2, 0.25) is 0 Å². The van der Waals surface area contributed by atoms with E-state index >= 15 is 0 Å². The number of hydrogen-bond acceptors (Lipinski definition) is 4. The van der Waals surface area contributed by atoms with Crippen LogP contribution in [0.1, 0.15) is 22.3 Å². The van der Waals surface area contributed by atoms with Crippen molar-refractivity contribution in [3.8, 4) is 39.6 Å². The molecule has 7 heterocycles. The van der Waals surface area contributed by atoms with Crippen molar-refractivity contribution in [2.24, 2.45) is 0 Å². The Morgan fingerprint density at radius 1 is 0.324 bits per heavy atom. The normalized spacial score (nSPS) is 13.4. The Hall–Kier alpha value is -9.04. The lowest BCUT2D eigenvalue weighted by molar-refractivity contribution is 0.718. The van der Waals surface area contributed by atoms with E-state index in [0.717, 1.165) is 72.8 Å². The molecule has 0 amide bonds. The largest absolute Gasteiger partial charge is 0.309 e. The summed E-state index contributed by atoms with van der Waals surface area (Å²) < 4.78 is 7.14. The number of nitrogens with zero attached hydrogens (tertiary/aromatic N) is 6. The maximum Gasteiger partial charge on any atom is 0.0937 e. The van der Waals surface area contributed by atoms with Crippen molar-refractivity contribution in [1.29, 1.82) is 0 Å². The zero-order valence-corrected chi connectivity index (χ0v) is 38.8. The molecule has 1 aliphatic carbocycles. The zero-order chi connectivity index (χ0) is 46.4. The number of hydrogen-bond donors (Lipinski definition) is 0. The van der Waals surface area contributed by atoms with E-state index in [0.29, 0.717) is 0 Å². The second kappa shape index (κ2) is 14.5. The molecule has 1 spiro atoms. The Bertz CT molecular complexity index is 4440. The number of benzene rings is 8. The van der Waals surface area contributed by atoms with Gasteiger partial charge in [-0.05, 0) is 124 Å². The van der Waals surface area contributed by atoms with Gasteiger partial charge in [0.15, 0.2) is 0 Å². The van der Waals surface area contributed by atoms with E-state index in [2.05, 4.69) is 220 Å². The Morgan fingerprint density at radius 3 is 1.28 bits per heavy atom. The number of pyridine rings is 3. The number of para-hydroxylation sites is 5. The van der Waals surface area contributed by atoms with Gasteiger partial charge in [-0.1, -0.05) is 127 Å².